The minimum Gasteiger partial charge on any atom is -0.467 e. The first-order valence-electron chi connectivity index (χ1n) is 17.5. The zero-order valence-electron chi connectivity index (χ0n) is 29.6. The van der Waals surface area contributed by atoms with Gasteiger partial charge in [-0.25, -0.2) is 14.0 Å². The number of benzene rings is 2. The molecule has 51 heavy (non-hydrogen) atoms. The predicted molar refractivity (Wildman–Crippen MR) is 186 cm³/mol. The summed E-state index contributed by atoms with van der Waals surface area (Å²) in [6, 6.07) is 7.47. The van der Waals surface area contributed by atoms with E-state index in [0.717, 1.165) is 18.9 Å². The number of ether oxygens (including phenoxy) is 3. The van der Waals surface area contributed by atoms with Crippen LogP contribution in [0.4, 0.5) is 4.39 Å². The Morgan fingerprint density at radius 2 is 1.39 bits per heavy atom. The minimum atomic E-state index is -1.32. The second kappa shape index (κ2) is 16.0. The van der Waals surface area contributed by atoms with Gasteiger partial charge in [-0.15, -0.1) is 0 Å². The van der Waals surface area contributed by atoms with Gasteiger partial charge in [-0.2, -0.15) is 0 Å². The van der Waals surface area contributed by atoms with Crippen molar-refractivity contribution in [2.24, 2.45) is 29.6 Å². The van der Waals surface area contributed by atoms with Crippen LogP contribution in [0, 0.1) is 35.4 Å². The van der Waals surface area contributed by atoms with Gasteiger partial charge in [0.1, 0.15) is 24.0 Å². The lowest BCUT2D eigenvalue weighted by molar-refractivity contribution is -0.162. The van der Waals surface area contributed by atoms with Gasteiger partial charge in [0.2, 0.25) is 11.8 Å². The lowest BCUT2D eigenvalue weighted by Crippen LogP contribution is -2.47. The Labute approximate surface area is 303 Å². The molecule has 0 radical (unpaired) electrons. The maximum absolute atomic E-state index is 15.9. The Morgan fingerprint density at radius 3 is 1.98 bits per heavy atom. The van der Waals surface area contributed by atoms with Crippen LogP contribution in [0.2, 0.25) is 5.02 Å². The number of halogens is 2. The molecule has 10 nitrogen and oxygen atoms in total. The smallest absolute Gasteiger partial charge is 0.328 e. The molecule has 12 heteroatoms. The Kier molecular flexibility index (Phi) is 11.9. The molecule has 0 spiro atoms. The summed E-state index contributed by atoms with van der Waals surface area (Å²) in [5, 5.41) is 0.229. The molecule has 1 aliphatic carbocycles. The Balaban J connectivity index is 1.64. The number of esters is 3. The first kappa shape index (κ1) is 38.0. The molecule has 3 aliphatic rings. The van der Waals surface area contributed by atoms with Gasteiger partial charge in [-0.1, -0.05) is 81.8 Å². The molecule has 3 fully saturated rings. The fourth-order valence-corrected chi connectivity index (χ4v) is 8.67. The van der Waals surface area contributed by atoms with Gasteiger partial charge in [0.15, 0.2) is 0 Å². The van der Waals surface area contributed by atoms with Crippen LogP contribution in [0.25, 0.3) is 0 Å². The highest BCUT2D eigenvalue weighted by Crippen LogP contribution is 2.50. The van der Waals surface area contributed by atoms with Crippen LogP contribution in [0.1, 0.15) is 76.1 Å². The minimum absolute atomic E-state index is 0.0208. The third-order valence-corrected chi connectivity index (χ3v) is 11.3. The molecule has 274 valence electrons. The van der Waals surface area contributed by atoms with Gasteiger partial charge in [0.05, 0.1) is 38.1 Å². The number of likely N-dealkylation sites (tertiary alicyclic amines) is 2. The molecule has 2 aromatic rings. The molecule has 5 rings (SSSR count). The summed E-state index contributed by atoms with van der Waals surface area (Å²) in [4.78, 5) is 72.2. The van der Waals surface area contributed by atoms with Crippen LogP contribution in [-0.2, 0) is 38.2 Å². The molecular formula is C39H46ClFN2O8. The number of hydrogen-bond acceptors (Lipinski definition) is 8. The summed E-state index contributed by atoms with van der Waals surface area (Å²) < 4.78 is 32.3. The molecule has 0 N–H and O–H groups in total. The van der Waals surface area contributed by atoms with Gasteiger partial charge < -0.3 is 24.0 Å². The highest BCUT2D eigenvalue weighted by Gasteiger charge is 2.58. The van der Waals surface area contributed by atoms with Crippen LogP contribution >= 0.6 is 11.6 Å². The van der Waals surface area contributed by atoms with Crippen molar-refractivity contribution in [3.8, 4) is 0 Å². The van der Waals surface area contributed by atoms with Crippen molar-refractivity contribution in [3.05, 3.63) is 83.2 Å². The SMILES string of the molecule is C=CC(=O)N1[C@@H](C(=O)OC)C[C@@H](C(=O)N2[C@H](C(=O)OC)C[C@H](C(=O)O[C@@H]3C[C@H](C)CC[C@H]3C(C)C)[C@@H]2c2ccccc2F)[C@H]1c1ccccc1Cl. The number of carbonyl (C=O) groups is 5. The van der Waals surface area contributed by atoms with E-state index >= 15 is 9.18 Å². The summed E-state index contributed by atoms with van der Waals surface area (Å²) in [5.41, 5.74) is 0.393. The van der Waals surface area contributed by atoms with Crippen LogP contribution in [-0.4, -0.2) is 71.9 Å². The van der Waals surface area contributed by atoms with Gasteiger partial charge in [-0.05, 0) is 67.2 Å². The topological polar surface area (TPSA) is 120 Å². The maximum atomic E-state index is 15.9. The fraction of sp³-hybridized carbons (Fsp3) is 0.513. The third-order valence-electron chi connectivity index (χ3n) is 10.9. The van der Waals surface area contributed by atoms with E-state index in [9.17, 15) is 19.2 Å². The van der Waals surface area contributed by atoms with Gasteiger partial charge >= 0.3 is 17.9 Å². The Hall–Kier alpha value is -4.25. The zero-order chi connectivity index (χ0) is 37.1. The van der Waals surface area contributed by atoms with E-state index in [-0.39, 0.29) is 41.4 Å². The van der Waals surface area contributed by atoms with Gasteiger partial charge in [0, 0.05) is 10.6 Å². The summed E-state index contributed by atoms with van der Waals surface area (Å²) >= 11 is 6.67. The normalized spacial score (nSPS) is 29.1. The lowest BCUT2D eigenvalue weighted by atomic mass is 9.75. The summed E-state index contributed by atoms with van der Waals surface area (Å²) in [5.74, 6) is -5.86. The average Bonchev–Trinajstić information content (AvgIpc) is 3.71. The van der Waals surface area contributed by atoms with E-state index < -0.39 is 71.5 Å². The number of rotatable bonds is 9. The maximum Gasteiger partial charge on any atom is 0.328 e. The molecule has 9 atom stereocenters. The van der Waals surface area contributed by atoms with Gasteiger partial charge in [-0.3, -0.25) is 14.4 Å². The predicted octanol–water partition coefficient (Wildman–Crippen LogP) is 6.23. The van der Waals surface area contributed by atoms with Crippen LogP contribution in [0.3, 0.4) is 0 Å². The van der Waals surface area contributed by atoms with Crippen LogP contribution < -0.4 is 0 Å². The van der Waals surface area contributed by atoms with E-state index in [1.165, 1.54) is 42.2 Å². The quantitative estimate of drug-likeness (QED) is 0.170. The van der Waals surface area contributed by atoms with Crippen LogP contribution in [0.5, 0.6) is 0 Å². The molecular weight excluding hydrogens is 679 g/mol. The van der Waals surface area contributed by atoms with Crippen molar-refractivity contribution < 1.29 is 42.6 Å². The highest BCUT2D eigenvalue weighted by molar-refractivity contribution is 6.31. The largest absolute Gasteiger partial charge is 0.467 e. The number of carbonyl (C=O) groups excluding carboxylic acids is 5. The highest BCUT2D eigenvalue weighted by atomic mass is 35.5. The molecule has 2 amide bonds. The molecule has 0 unspecified atom stereocenters. The van der Waals surface area contributed by atoms with Crippen molar-refractivity contribution in [2.45, 2.75) is 83.1 Å². The molecule has 0 aromatic heterocycles. The van der Waals surface area contributed by atoms with E-state index in [4.69, 9.17) is 25.8 Å². The van der Waals surface area contributed by atoms with Gasteiger partial charge in [0.25, 0.3) is 0 Å². The fourth-order valence-electron chi connectivity index (χ4n) is 8.42. The summed E-state index contributed by atoms with van der Waals surface area (Å²) in [6.45, 7) is 9.89. The number of methoxy groups -OCH3 is 2. The standard InChI is InChI=1S/C39H46ClFN2O8/c1-7-33(44)42-30(38(47)49-5)19-26(34(42)24-12-8-10-14-28(24)40)36(45)43-31(39(48)50-6)20-27(35(43)25-13-9-11-15-29(25)41)37(46)51-32-18-22(4)16-17-23(32)21(2)3/h7-15,21-23,26-27,30-32,34-35H,1,16-20H2,2-6H3/t22-,23+,26-,27+,30-,31+,32-,34-,35+/m1/s1. The van der Waals surface area contributed by atoms with E-state index in [0.29, 0.717) is 17.9 Å². The third kappa shape index (κ3) is 7.40. The number of amides is 2. The second-order valence-corrected chi connectivity index (χ2v) is 14.6. The molecule has 0 bridgehead atoms. The number of hydrogen-bond donors (Lipinski definition) is 0. The first-order chi connectivity index (χ1) is 24.3. The van der Waals surface area contributed by atoms with Crippen LogP contribution in [0.15, 0.2) is 61.2 Å². The van der Waals surface area contributed by atoms with Crippen molar-refractivity contribution in [2.75, 3.05) is 14.2 Å². The molecule has 2 aliphatic heterocycles. The average molecular weight is 725 g/mol. The van der Waals surface area contributed by atoms with E-state index in [1.54, 1.807) is 30.3 Å². The first-order valence-corrected chi connectivity index (χ1v) is 17.8. The van der Waals surface area contributed by atoms with Crippen molar-refractivity contribution in [1.29, 1.82) is 0 Å². The summed E-state index contributed by atoms with van der Waals surface area (Å²) in [6.07, 6.45) is 2.81. The Bertz CT molecular complexity index is 1670. The molecule has 2 aromatic carbocycles. The monoisotopic (exact) mass is 724 g/mol. The Morgan fingerprint density at radius 1 is 0.824 bits per heavy atom. The second-order valence-electron chi connectivity index (χ2n) is 14.2. The van der Waals surface area contributed by atoms with E-state index in [2.05, 4.69) is 27.4 Å². The number of nitrogens with zero attached hydrogens (tertiary/aromatic N) is 2. The molecule has 1 saturated carbocycles. The lowest BCUT2D eigenvalue weighted by Gasteiger charge is -2.38. The van der Waals surface area contributed by atoms with Crippen molar-refractivity contribution >= 4 is 41.3 Å². The van der Waals surface area contributed by atoms with E-state index in [1.807, 2.05) is 0 Å². The van der Waals surface area contributed by atoms with Crippen molar-refractivity contribution in [1.82, 2.24) is 9.80 Å². The molecule has 2 saturated heterocycles. The zero-order valence-corrected chi connectivity index (χ0v) is 30.4. The molecule has 2 heterocycles. The summed E-state index contributed by atoms with van der Waals surface area (Å²) in [7, 11) is 2.35. The van der Waals surface area contributed by atoms with Crippen molar-refractivity contribution in [3.63, 3.8) is 0 Å².